The molecule has 3 aromatic rings. The Kier molecular flexibility index (Phi) is 7.08. The molecule has 1 aliphatic heterocycles. The third-order valence-electron chi connectivity index (χ3n) is 5.71. The summed E-state index contributed by atoms with van der Waals surface area (Å²) in [6.07, 6.45) is 2.57. The van der Waals surface area contributed by atoms with Crippen LogP contribution in [0.4, 0.5) is 11.5 Å². The van der Waals surface area contributed by atoms with E-state index in [4.69, 9.17) is 0 Å². The first-order valence-corrected chi connectivity index (χ1v) is 10.3. The molecule has 0 saturated carbocycles. The van der Waals surface area contributed by atoms with Gasteiger partial charge in [0.2, 0.25) is 5.91 Å². The molecule has 32 heavy (non-hydrogen) atoms. The number of carboxylic acid groups (broad SMARTS) is 1. The van der Waals surface area contributed by atoms with E-state index in [1.807, 2.05) is 49.2 Å². The summed E-state index contributed by atoms with van der Waals surface area (Å²) in [5, 5.41) is 14.6. The number of amides is 1. The molecular weight excluding hydrogens is 397 g/mol. The van der Waals surface area contributed by atoms with Gasteiger partial charge in [-0.1, -0.05) is 36.4 Å². The number of aromatic nitrogens is 1. The van der Waals surface area contributed by atoms with Crippen LogP contribution in [0.25, 0.3) is 11.1 Å². The van der Waals surface area contributed by atoms with Crippen molar-refractivity contribution in [2.24, 2.45) is 0 Å². The van der Waals surface area contributed by atoms with Crippen molar-refractivity contribution < 1.29 is 33.6 Å². The van der Waals surface area contributed by atoms with Crippen molar-refractivity contribution in [1.82, 2.24) is 4.98 Å². The maximum Gasteiger partial charge on any atom is 1.00 e. The topological polar surface area (TPSA) is 85.4 Å². The van der Waals surface area contributed by atoms with Crippen LogP contribution in [0.2, 0.25) is 0 Å². The van der Waals surface area contributed by atoms with Crippen molar-refractivity contribution >= 4 is 23.4 Å². The van der Waals surface area contributed by atoms with E-state index in [-0.39, 0.29) is 42.4 Å². The maximum atomic E-state index is 12.4. The Balaban J connectivity index is 0.00000289. The van der Waals surface area contributed by atoms with Crippen LogP contribution in [0.3, 0.4) is 0 Å². The smallest absolute Gasteiger partial charge is 0.545 e. The van der Waals surface area contributed by atoms with Crippen LogP contribution in [0.15, 0.2) is 60.8 Å². The van der Waals surface area contributed by atoms with E-state index in [1.165, 1.54) is 0 Å². The van der Waals surface area contributed by atoms with Gasteiger partial charge in [0.05, 0.1) is 12.0 Å². The zero-order chi connectivity index (χ0) is 22.1. The predicted molar refractivity (Wildman–Crippen MR) is 119 cm³/mol. The van der Waals surface area contributed by atoms with Crippen molar-refractivity contribution in [3.05, 3.63) is 77.5 Å². The van der Waals surface area contributed by atoms with Gasteiger partial charge < -0.3 is 20.1 Å². The molecular formula is C25H24LiN3O3. The summed E-state index contributed by atoms with van der Waals surface area (Å²) in [5.74, 6) is -0.404. The molecule has 1 aromatic heterocycles. The van der Waals surface area contributed by atoms with E-state index in [1.54, 1.807) is 31.2 Å². The summed E-state index contributed by atoms with van der Waals surface area (Å²) in [6.45, 7) is 5.63. The van der Waals surface area contributed by atoms with Gasteiger partial charge in [-0.25, -0.2) is 4.98 Å². The number of nitrogens with one attached hydrogen (secondary N) is 1. The molecule has 0 unspecified atom stereocenters. The molecule has 0 bridgehead atoms. The molecule has 0 saturated heterocycles. The fraction of sp³-hybridized carbons (Fsp3) is 0.240. The predicted octanol–water partition coefficient (Wildman–Crippen LogP) is 0.723. The van der Waals surface area contributed by atoms with E-state index in [0.717, 1.165) is 40.2 Å². The van der Waals surface area contributed by atoms with Crippen LogP contribution in [0, 0.1) is 6.92 Å². The Morgan fingerprint density at radius 3 is 2.34 bits per heavy atom. The Morgan fingerprint density at radius 2 is 1.75 bits per heavy atom. The summed E-state index contributed by atoms with van der Waals surface area (Å²) in [5.41, 5.74) is 4.97. The van der Waals surface area contributed by atoms with Crippen LogP contribution in [-0.4, -0.2) is 22.9 Å². The second-order valence-corrected chi connectivity index (χ2v) is 8.03. The standard InChI is InChI=1S/C25H25N3O3.Li/c1-15-4-11-24(26-14-15)27-22-12-16(2)28(17(3)29)23-10-9-20(13-21(22)23)18-5-7-19(8-6-18)25(30)31;/h4-11,13-14,16,22H,12H2,1-3H3,(H,26,27)(H,30,31);/q;+1/p-1/t16-,22+;/m0./s1. The summed E-state index contributed by atoms with van der Waals surface area (Å²) < 4.78 is 0. The quantitative estimate of drug-likeness (QED) is 0.628. The average Bonchev–Trinajstić information content (AvgIpc) is 2.75. The van der Waals surface area contributed by atoms with E-state index >= 15 is 0 Å². The summed E-state index contributed by atoms with van der Waals surface area (Å²) in [6, 6.07) is 16.6. The number of carboxylic acids is 1. The normalized spacial score (nSPS) is 17.2. The number of carbonyl (C=O) groups is 2. The van der Waals surface area contributed by atoms with Crippen LogP contribution in [-0.2, 0) is 4.79 Å². The third kappa shape index (κ3) is 4.72. The minimum absolute atomic E-state index is 0. The SMILES string of the molecule is CC(=O)N1c2ccc(-c3ccc(C(=O)[O-])cc3)cc2[C@H](Nc2ccc(C)cn2)C[C@@H]1C.[Li+]. The largest absolute Gasteiger partial charge is 1.00 e. The Hall–Kier alpha value is -3.07. The molecule has 4 rings (SSSR count). The second-order valence-electron chi connectivity index (χ2n) is 8.03. The molecule has 2 atom stereocenters. The molecule has 2 heterocycles. The monoisotopic (exact) mass is 421 g/mol. The number of hydrogen-bond donors (Lipinski definition) is 1. The first-order valence-electron chi connectivity index (χ1n) is 10.3. The van der Waals surface area contributed by atoms with Gasteiger partial charge in [-0.05, 0) is 66.3 Å². The fourth-order valence-electron chi connectivity index (χ4n) is 4.19. The number of fused-ring (bicyclic) bond motifs is 1. The van der Waals surface area contributed by atoms with E-state index < -0.39 is 5.97 Å². The molecule has 1 aliphatic rings. The van der Waals surface area contributed by atoms with Gasteiger partial charge in [0.25, 0.3) is 0 Å². The number of carbonyl (C=O) groups excluding carboxylic acids is 2. The van der Waals surface area contributed by atoms with Gasteiger partial charge in [0.15, 0.2) is 0 Å². The van der Waals surface area contributed by atoms with Crippen molar-refractivity contribution in [2.45, 2.75) is 39.3 Å². The number of hydrogen-bond acceptors (Lipinski definition) is 5. The summed E-state index contributed by atoms with van der Waals surface area (Å²) in [4.78, 5) is 29.7. The first-order chi connectivity index (χ1) is 14.8. The maximum absolute atomic E-state index is 12.4. The van der Waals surface area contributed by atoms with E-state index in [9.17, 15) is 14.7 Å². The van der Waals surface area contributed by atoms with Gasteiger partial charge in [0.1, 0.15) is 5.82 Å². The summed E-state index contributed by atoms with van der Waals surface area (Å²) >= 11 is 0. The van der Waals surface area contributed by atoms with Gasteiger partial charge in [-0.15, -0.1) is 0 Å². The minimum Gasteiger partial charge on any atom is -0.545 e. The Bertz CT molecular complexity index is 1130. The van der Waals surface area contributed by atoms with Crippen LogP contribution >= 0.6 is 0 Å². The number of benzene rings is 2. The van der Waals surface area contributed by atoms with E-state index in [0.29, 0.717) is 0 Å². The van der Waals surface area contributed by atoms with Crippen molar-refractivity contribution in [2.75, 3.05) is 10.2 Å². The molecule has 1 N–H and O–H groups in total. The number of aryl methyl sites for hydroxylation is 1. The molecule has 1 amide bonds. The van der Waals surface area contributed by atoms with Crippen molar-refractivity contribution in [1.29, 1.82) is 0 Å². The molecule has 0 spiro atoms. The fourth-order valence-corrected chi connectivity index (χ4v) is 4.19. The molecule has 0 radical (unpaired) electrons. The molecule has 0 fully saturated rings. The van der Waals surface area contributed by atoms with Crippen LogP contribution in [0.1, 0.15) is 47.8 Å². The first kappa shape index (κ1) is 23.6. The number of rotatable bonds is 4. The molecule has 158 valence electrons. The zero-order valence-electron chi connectivity index (χ0n) is 18.8. The van der Waals surface area contributed by atoms with Crippen molar-refractivity contribution in [3.8, 4) is 11.1 Å². The molecule has 7 heteroatoms. The van der Waals surface area contributed by atoms with E-state index in [2.05, 4.69) is 16.4 Å². The minimum atomic E-state index is -1.20. The number of pyridine rings is 1. The Morgan fingerprint density at radius 1 is 1.06 bits per heavy atom. The van der Waals surface area contributed by atoms with Crippen LogP contribution in [0.5, 0.6) is 0 Å². The number of aromatic carboxylic acids is 1. The average molecular weight is 421 g/mol. The van der Waals surface area contributed by atoms with Gasteiger partial charge in [-0.2, -0.15) is 0 Å². The number of nitrogens with zero attached hydrogens (tertiary/aromatic N) is 2. The van der Waals surface area contributed by atoms with Gasteiger partial charge in [0, 0.05) is 24.8 Å². The Labute approximate surface area is 199 Å². The third-order valence-corrected chi connectivity index (χ3v) is 5.71. The van der Waals surface area contributed by atoms with Gasteiger partial charge in [-0.3, -0.25) is 4.79 Å². The van der Waals surface area contributed by atoms with Crippen LogP contribution < -0.4 is 34.2 Å². The molecule has 0 aliphatic carbocycles. The summed E-state index contributed by atoms with van der Waals surface area (Å²) in [7, 11) is 0. The number of anilines is 2. The molecule has 2 aromatic carbocycles. The van der Waals surface area contributed by atoms with Gasteiger partial charge >= 0.3 is 18.9 Å². The zero-order valence-corrected chi connectivity index (χ0v) is 18.8. The molecule has 6 nitrogen and oxygen atoms in total. The second kappa shape index (κ2) is 9.60. The van der Waals surface area contributed by atoms with Crippen molar-refractivity contribution in [3.63, 3.8) is 0 Å².